The first kappa shape index (κ1) is 21.4. The molecule has 5 nitrogen and oxygen atoms in total. The Hall–Kier alpha value is -3.13. The maximum absolute atomic E-state index is 14.0. The summed E-state index contributed by atoms with van der Waals surface area (Å²) in [5, 5.41) is 5.65. The Labute approximate surface area is 203 Å². The van der Waals surface area contributed by atoms with Crippen molar-refractivity contribution in [2.24, 2.45) is 7.05 Å². The zero-order chi connectivity index (χ0) is 23.6. The summed E-state index contributed by atoms with van der Waals surface area (Å²) in [5.74, 6) is -1.26. The molecule has 0 spiro atoms. The molecule has 2 aliphatic heterocycles. The van der Waals surface area contributed by atoms with E-state index in [9.17, 15) is 13.6 Å². The van der Waals surface area contributed by atoms with Crippen LogP contribution >= 0.6 is 15.9 Å². The van der Waals surface area contributed by atoms with E-state index in [0.29, 0.717) is 17.5 Å². The number of piperidine rings is 1. The van der Waals surface area contributed by atoms with E-state index < -0.39 is 11.6 Å². The van der Waals surface area contributed by atoms with Crippen molar-refractivity contribution in [3.8, 4) is 11.3 Å². The molecule has 8 heteroatoms. The molecule has 34 heavy (non-hydrogen) atoms. The van der Waals surface area contributed by atoms with Gasteiger partial charge >= 0.3 is 0 Å². The van der Waals surface area contributed by atoms with Gasteiger partial charge in [-0.25, -0.2) is 8.78 Å². The summed E-state index contributed by atoms with van der Waals surface area (Å²) in [6.45, 7) is 0. The standard InChI is InChI=1S/C26H21BrF2N4O/c1-32-25(15-9-16(28)12-17(29)10-15)20-13-18-3-2-4-23(24(20)31-32)33(18)26(34)14-5-6-22-19(11-14)21(27)7-8-30-22/h5-12,18,23H,2-4,13H2,1H3/t18-,23-/m0/s1. The van der Waals surface area contributed by atoms with E-state index in [4.69, 9.17) is 5.10 Å². The third-order valence-corrected chi connectivity index (χ3v) is 7.67. The first-order valence-electron chi connectivity index (χ1n) is 11.3. The predicted molar refractivity (Wildman–Crippen MR) is 128 cm³/mol. The summed E-state index contributed by atoms with van der Waals surface area (Å²) in [6.07, 6.45) is 5.03. The molecule has 2 bridgehead atoms. The topological polar surface area (TPSA) is 51.0 Å². The van der Waals surface area contributed by atoms with Gasteiger partial charge in [0.25, 0.3) is 5.91 Å². The van der Waals surface area contributed by atoms with E-state index in [2.05, 4.69) is 20.9 Å². The van der Waals surface area contributed by atoms with Crippen molar-refractivity contribution in [1.82, 2.24) is 19.7 Å². The van der Waals surface area contributed by atoms with E-state index in [-0.39, 0.29) is 18.0 Å². The molecular formula is C26H21BrF2N4O. The number of amides is 1. The molecule has 1 fully saturated rings. The van der Waals surface area contributed by atoms with Crippen molar-refractivity contribution >= 4 is 32.7 Å². The summed E-state index contributed by atoms with van der Waals surface area (Å²) in [7, 11) is 1.79. The van der Waals surface area contributed by atoms with E-state index in [1.807, 2.05) is 29.2 Å². The molecule has 0 aliphatic carbocycles. The Kier molecular flexibility index (Phi) is 5.02. The fourth-order valence-corrected chi connectivity index (χ4v) is 6.03. The molecular weight excluding hydrogens is 502 g/mol. The lowest BCUT2D eigenvalue weighted by Gasteiger charge is -2.45. The molecule has 0 unspecified atom stereocenters. The van der Waals surface area contributed by atoms with Gasteiger partial charge in [0.15, 0.2) is 0 Å². The van der Waals surface area contributed by atoms with E-state index in [1.165, 1.54) is 12.1 Å². The molecule has 0 saturated carbocycles. The summed E-state index contributed by atoms with van der Waals surface area (Å²) in [5.41, 5.74) is 4.44. The minimum atomic E-state index is -0.616. The number of carbonyl (C=O) groups excluding carboxylic acids is 1. The predicted octanol–water partition coefficient (Wildman–Crippen LogP) is 5.97. The lowest BCUT2D eigenvalue weighted by Crippen LogP contribution is -2.49. The molecule has 0 N–H and O–H groups in total. The fraction of sp³-hybridized carbons (Fsp3) is 0.269. The Morgan fingerprint density at radius 3 is 2.68 bits per heavy atom. The van der Waals surface area contributed by atoms with Gasteiger partial charge in [-0.1, -0.05) is 15.9 Å². The Morgan fingerprint density at radius 2 is 1.88 bits per heavy atom. The number of hydrogen-bond acceptors (Lipinski definition) is 3. The monoisotopic (exact) mass is 522 g/mol. The number of nitrogens with zero attached hydrogens (tertiary/aromatic N) is 4. The largest absolute Gasteiger partial charge is 0.327 e. The lowest BCUT2D eigenvalue weighted by molar-refractivity contribution is 0.0392. The quantitative estimate of drug-likeness (QED) is 0.326. The van der Waals surface area contributed by atoms with Crippen LogP contribution in [0.25, 0.3) is 22.2 Å². The fourth-order valence-electron chi connectivity index (χ4n) is 5.60. The molecule has 2 aromatic carbocycles. The van der Waals surface area contributed by atoms with Crippen LogP contribution in [0.4, 0.5) is 8.78 Å². The zero-order valence-corrected chi connectivity index (χ0v) is 20.0. The minimum absolute atomic E-state index is 0.00754. The molecule has 4 aromatic rings. The van der Waals surface area contributed by atoms with Gasteiger partial charge < -0.3 is 4.90 Å². The van der Waals surface area contributed by atoms with Crippen LogP contribution in [0.1, 0.15) is 46.9 Å². The highest BCUT2D eigenvalue weighted by Gasteiger charge is 2.43. The normalized spacial score (nSPS) is 19.4. The number of hydrogen-bond donors (Lipinski definition) is 0. The van der Waals surface area contributed by atoms with Crippen molar-refractivity contribution in [3.63, 3.8) is 0 Å². The smallest absolute Gasteiger partial charge is 0.254 e. The van der Waals surface area contributed by atoms with Gasteiger partial charge in [0, 0.05) is 51.9 Å². The second-order valence-corrected chi connectivity index (χ2v) is 9.89. The minimum Gasteiger partial charge on any atom is -0.327 e. The third-order valence-electron chi connectivity index (χ3n) is 6.98. The van der Waals surface area contributed by atoms with Crippen LogP contribution in [0.2, 0.25) is 0 Å². The average Bonchev–Trinajstić information content (AvgIpc) is 3.13. The first-order valence-corrected chi connectivity index (χ1v) is 12.1. The van der Waals surface area contributed by atoms with Gasteiger partial charge in [0.2, 0.25) is 0 Å². The second kappa shape index (κ2) is 7.98. The maximum atomic E-state index is 14.0. The Bertz CT molecular complexity index is 1450. The van der Waals surface area contributed by atoms with Crippen molar-refractivity contribution in [2.75, 3.05) is 0 Å². The molecule has 172 valence electrons. The molecule has 1 saturated heterocycles. The van der Waals surface area contributed by atoms with Crippen molar-refractivity contribution in [1.29, 1.82) is 0 Å². The summed E-state index contributed by atoms with van der Waals surface area (Å²) in [6, 6.07) is 10.9. The maximum Gasteiger partial charge on any atom is 0.254 e. The molecule has 2 aliphatic rings. The summed E-state index contributed by atoms with van der Waals surface area (Å²) < 4.78 is 30.5. The van der Waals surface area contributed by atoms with Gasteiger partial charge in [-0.2, -0.15) is 5.10 Å². The molecule has 1 amide bonds. The van der Waals surface area contributed by atoms with Gasteiger partial charge in [-0.05, 0) is 62.1 Å². The van der Waals surface area contributed by atoms with E-state index in [0.717, 1.165) is 57.7 Å². The number of benzene rings is 2. The van der Waals surface area contributed by atoms with Crippen molar-refractivity contribution in [2.45, 2.75) is 37.8 Å². The highest BCUT2D eigenvalue weighted by molar-refractivity contribution is 9.10. The Balaban J connectivity index is 1.43. The van der Waals surface area contributed by atoms with E-state index in [1.54, 1.807) is 17.9 Å². The number of aryl methyl sites for hydroxylation is 1. The summed E-state index contributed by atoms with van der Waals surface area (Å²) >= 11 is 3.56. The van der Waals surface area contributed by atoms with Crippen LogP contribution in [0.3, 0.4) is 0 Å². The third kappa shape index (κ3) is 3.35. The lowest BCUT2D eigenvalue weighted by atomic mass is 9.81. The second-order valence-electron chi connectivity index (χ2n) is 9.04. The first-order chi connectivity index (χ1) is 16.4. The van der Waals surface area contributed by atoms with Crippen LogP contribution in [0, 0.1) is 11.6 Å². The summed E-state index contributed by atoms with van der Waals surface area (Å²) in [4.78, 5) is 20.1. The number of halogens is 3. The van der Waals surface area contributed by atoms with Crippen LogP contribution in [-0.2, 0) is 13.5 Å². The number of fused-ring (bicyclic) bond motifs is 5. The average molecular weight is 523 g/mol. The molecule has 4 heterocycles. The van der Waals surface area contributed by atoms with Crippen LogP contribution < -0.4 is 0 Å². The highest BCUT2D eigenvalue weighted by Crippen LogP contribution is 2.45. The number of rotatable bonds is 2. The van der Waals surface area contributed by atoms with Gasteiger partial charge in [0.05, 0.1) is 22.9 Å². The van der Waals surface area contributed by atoms with Gasteiger partial charge in [-0.3, -0.25) is 14.5 Å². The van der Waals surface area contributed by atoms with Crippen molar-refractivity contribution < 1.29 is 13.6 Å². The zero-order valence-electron chi connectivity index (χ0n) is 18.4. The number of pyridine rings is 1. The molecule has 2 atom stereocenters. The van der Waals surface area contributed by atoms with Crippen molar-refractivity contribution in [3.05, 3.63) is 81.6 Å². The van der Waals surface area contributed by atoms with Crippen LogP contribution in [0.5, 0.6) is 0 Å². The highest BCUT2D eigenvalue weighted by atomic mass is 79.9. The molecule has 0 radical (unpaired) electrons. The molecule has 6 rings (SSSR count). The van der Waals surface area contributed by atoms with Gasteiger partial charge in [-0.15, -0.1) is 0 Å². The van der Waals surface area contributed by atoms with Crippen LogP contribution in [0.15, 0.2) is 53.1 Å². The molecule has 2 aromatic heterocycles. The number of carbonyl (C=O) groups is 1. The van der Waals surface area contributed by atoms with Crippen LogP contribution in [-0.4, -0.2) is 31.6 Å². The Morgan fingerprint density at radius 1 is 1.09 bits per heavy atom. The number of aromatic nitrogens is 3. The van der Waals surface area contributed by atoms with Gasteiger partial charge in [0.1, 0.15) is 11.6 Å². The SMILES string of the molecule is Cn1nc2c(c1-c1cc(F)cc(F)c1)C[C@@H]1CCC[C@@H]2N1C(=O)c1ccc2nccc(Br)c2c1. The van der Waals surface area contributed by atoms with E-state index >= 15 is 0 Å².